The van der Waals surface area contributed by atoms with E-state index >= 15 is 0 Å². The molecule has 2 aromatic rings. The van der Waals surface area contributed by atoms with Crippen molar-refractivity contribution in [1.29, 1.82) is 0 Å². The van der Waals surface area contributed by atoms with Crippen molar-refractivity contribution in [3.8, 4) is 0 Å². The first-order valence-electron chi connectivity index (χ1n) is 10.1. The Labute approximate surface area is 177 Å². The second-order valence-electron chi connectivity index (χ2n) is 7.59. The van der Waals surface area contributed by atoms with Gasteiger partial charge in [0, 0.05) is 20.1 Å². The molecule has 1 atom stereocenters. The molecule has 0 bridgehead atoms. The number of hydroxylamine groups is 2. The average Bonchev–Trinajstić information content (AvgIpc) is 2.75. The number of amides is 2. The fourth-order valence-corrected chi connectivity index (χ4v) is 3.48. The molecule has 0 aromatic heterocycles. The van der Waals surface area contributed by atoms with Crippen LogP contribution in [0.3, 0.4) is 0 Å². The highest BCUT2D eigenvalue weighted by molar-refractivity contribution is 6.07. The Bertz CT molecular complexity index is 881. The topological polar surface area (TPSA) is 59.1 Å². The van der Waals surface area contributed by atoms with Gasteiger partial charge in [-0.1, -0.05) is 80.6 Å². The molecule has 1 saturated heterocycles. The van der Waals surface area contributed by atoms with E-state index in [9.17, 15) is 9.59 Å². The minimum absolute atomic E-state index is 0.122. The van der Waals surface area contributed by atoms with E-state index in [4.69, 9.17) is 9.57 Å². The molecule has 0 aliphatic carbocycles. The number of hydrogen-bond donors (Lipinski definition) is 0. The van der Waals surface area contributed by atoms with Gasteiger partial charge in [-0.2, -0.15) is 0 Å². The van der Waals surface area contributed by atoms with Crippen molar-refractivity contribution in [1.82, 2.24) is 9.96 Å². The molecule has 0 unspecified atom stereocenters. The lowest BCUT2D eigenvalue weighted by Crippen LogP contribution is -2.58. The number of hydrogen-bond acceptors (Lipinski definition) is 5. The molecule has 2 aromatic carbocycles. The number of nitrogens with zero attached hydrogens (tertiary/aromatic N) is 2. The molecular formula is C24H28N2O4. The minimum Gasteiger partial charge on any atom is -0.356 e. The standard InChI is InChI=1S/C24H28N2O4/c1-18(2)14-21-23(27)26(30-17-29-3)24(28)22(15-19-10-6-4-7-11-19)25(21)16-20-12-8-5-9-13-20/h4-14,18,22H,15-17H2,1-3H3/b21-14+/t22-/m0/s1. The van der Waals surface area contributed by atoms with E-state index in [2.05, 4.69) is 0 Å². The number of methoxy groups -OCH3 is 1. The van der Waals surface area contributed by atoms with Crippen LogP contribution in [0.1, 0.15) is 25.0 Å². The summed E-state index contributed by atoms with van der Waals surface area (Å²) < 4.78 is 4.93. The zero-order valence-corrected chi connectivity index (χ0v) is 17.7. The lowest BCUT2D eigenvalue weighted by atomic mass is 9.98. The molecule has 0 saturated carbocycles. The predicted octanol–water partition coefficient (Wildman–Crippen LogP) is 3.54. The van der Waals surface area contributed by atoms with Gasteiger partial charge in [0.2, 0.25) is 0 Å². The van der Waals surface area contributed by atoms with Crippen LogP contribution >= 0.6 is 0 Å². The van der Waals surface area contributed by atoms with Gasteiger partial charge >= 0.3 is 5.91 Å². The van der Waals surface area contributed by atoms with Gasteiger partial charge in [-0.3, -0.25) is 9.59 Å². The third kappa shape index (κ3) is 5.14. The zero-order valence-electron chi connectivity index (χ0n) is 17.7. The number of piperazine rings is 1. The van der Waals surface area contributed by atoms with Crippen LogP contribution < -0.4 is 0 Å². The van der Waals surface area contributed by atoms with Crippen LogP contribution in [0.4, 0.5) is 0 Å². The van der Waals surface area contributed by atoms with Crippen molar-refractivity contribution >= 4 is 11.8 Å². The Hall–Kier alpha value is -2.96. The summed E-state index contributed by atoms with van der Waals surface area (Å²) >= 11 is 0. The molecule has 158 valence electrons. The van der Waals surface area contributed by atoms with Gasteiger partial charge in [0.1, 0.15) is 11.7 Å². The normalized spacial score (nSPS) is 18.5. The highest BCUT2D eigenvalue weighted by Crippen LogP contribution is 2.28. The minimum atomic E-state index is -0.577. The number of allylic oxidation sites excluding steroid dienone is 1. The number of carbonyl (C=O) groups is 2. The molecule has 1 aliphatic rings. The van der Waals surface area contributed by atoms with E-state index in [0.717, 1.165) is 16.2 Å². The maximum Gasteiger partial charge on any atom is 0.300 e. The lowest BCUT2D eigenvalue weighted by Gasteiger charge is -2.41. The summed E-state index contributed by atoms with van der Waals surface area (Å²) in [7, 11) is 1.45. The van der Waals surface area contributed by atoms with Crippen molar-refractivity contribution in [3.63, 3.8) is 0 Å². The van der Waals surface area contributed by atoms with Crippen molar-refractivity contribution in [2.75, 3.05) is 13.9 Å². The Balaban J connectivity index is 2.03. The summed E-state index contributed by atoms with van der Waals surface area (Å²) in [6.45, 7) is 4.28. The average molecular weight is 408 g/mol. The van der Waals surface area contributed by atoms with Crippen molar-refractivity contribution in [3.05, 3.63) is 83.6 Å². The lowest BCUT2D eigenvalue weighted by molar-refractivity contribution is -0.226. The maximum absolute atomic E-state index is 13.3. The summed E-state index contributed by atoms with van der Waals surface area (Å²) in [5, 5.41) is 0.854. The van der Waals surface area contributed by atoms with Crippen molar-refractivity contribution < 1.29 is 19.2 Å². The first-order valence-corrected chi connectivity index (χ1v) is 10.1. The molecule has 2 amide bonds. The molecule has 1 aliphatic heterocycles. The van der Waals surface area contributed by atoms with Crippen molar-refractivity contribution in [2.24, 2.45) is 5.92 Å². The summed E-state index contributed by atoms with van der Waals surface area (Å²) in [5.74, 6) is -0.735. The van der Waals surface area contributed by atoms with Crippen LogP contribution in [-0.4, -0.2) is 41.7 Å². The summed E-state index contributed by atoms with van der Waals surface area (Å²) in [4.78, 5) is 33.8. The van der Waals surface area contributed by atoms with Crippen LogP contribution in [0.25, 0.3) is 0 Å². The number of carbonyl (C=O) groups excluding carboxylic acids is 2. The molecular weight excluding hydrogens is 380 g/mol. The molecule has 1 fully saturated rings. The molecule has 3 rings (SSSR count). The third-order valence-corrected chi connectivity index (χ3v) is 4.83. The van der Waals surface area contributed by atoms with E-state index in [1.54, 1.807) is 0 Å². The van der Waals surface area contributed by atoms with E-state index in [1.165, 1.54) is 7.11 Å². The first kappa shape index (κ1) is 21.7. The number of ether oxygens (including phenoxy) is 1. The molecule has 30 heavy (non-hydrogen) atoms. The summed E-state index contributed by atoms with van der Waals surface area (Å²) in [5.41, 5.74) is 2.50. The van der Waals surface area contributed by atoms with Gasteiger partial charge < -0.3 is 9.64 Å². The van der Waals surface area contributed by atoms with Gasteiger partial charge in [0.15, 0.2) is 6.79 Å². The molecule has 1 heterocycles. The number of benzene rings is 2. The van der Waals surface area contributed by atoms with Crippen LogP contribution in [0.15, 0.2) is 72.4 Å². The molecule has 0 spiro atoms. The third-order valence-electron chi connectivity index (χ3n) is 4.83. The largest absolute Gasteiger partial charge is 0.356 e. The number of rotatable bonds is 8. The van der Waals surface area contributed by atoms with Gasteiger partial charge in [-0.25, -0.2) is 4.84 Å². The smallest absolute Gasteiger partial charge is 0.300 e. The van der Waals surface area contributed by atoms with E-state index in [1.807, 2.05) is 85.5 Å². The molecule has 6 heteroatoms. The number of imide groups is 1. The van der Waals surface area contributed by atoms with E-state index in [0.29, 0.717) is 18.7 Å². The monoisotopic (exact) mass is 408 g/mol. The van der Waals surface area contributed by atoms with Gasteiger partial charge in [0.05, 0.1) is 0 Å². The molecule has 0 N–H and O–H groups in total. The fourth-order valence-electron chi connectivity index (χ4n) is 3.48. The molecule has 6 nitrogen and oxygen atoms in total. The van der Waals surface area contributed by atoms with E-state index in [-0.39, 0.29) is 12.7 Å². The highest BCUT2D eigenvalue weighted by Gasteiger charge is 2.44. The Morgan fingerprint density at radius 1 is 0.967 bits per heavy atom. The van der Waals surface area contributed by atoms with Gasteiger partial charge in [0.25, 0.3) is 5.91 Å². The van der Waals surface area contributed by atoms with Gasteiger partial charge in [-0.05, 0) is 17.0 Å². The second-order valence-corrected chi connectivity index (χ2v) is 7.59. The maximum atomic E-state index is 13.3. The second kappa shape index (κ2) is 10.2. The predicted molar refractivity (Wildman–Crippen MR) is 114 cm³/mol. The Morgan fingerprint density at radius 2 is 1.57 bits per heavy atom. The Kier molecular flexibility index (Phi) is 7.38. The van der Waals surface area contributed by atoms with E-state index < -0.39 is 17.9 Å². The fraction of sp³-hybridized carbons (Fsp3) is 0.333. The first-order chi connectivity index (χ1) is 14.5. The highest BCUT2D eigenvalue weighted by atomic mass is 16.8. The van der Waals surface area contributed by atoms with Crippen LogP contribution in [0, 0.1) is 5.92 Å². The SMILES string of the molecule is COCON1C(=O)/C(=C\C(C)C)N(Cc2ccccc2)[C@@H](Cc2ccccc2)C1=O. The zero-order chi connectivity index (χ0) is 21.5. The van der Waals surface area contributed by atoms with Crippen LogP contribution in [0.5, 0.6) is 0 Å². The van der Waals surface area contributed by atoms with Crippen LogP contribution in [0.2, 0.25) is 0 Å². The Morgan fingerprint density at radius 3 is 2.13 bits per heavy atom. The summed E-state index contributed by atoms with van der Waals surface area (Å²) in [6, 6.07) is 19.1. The quantitative estimate of drug-likeness (QED) is 0.380. The van der Waals surface area contributed by atoms with Crippen LogP contribution in [-0.2, 0) is 32.1 Å². The van der Waals surface area contributed by atoms with Gasteiger partial charge in [-0.15, -0.1) is 5.06 Å². The van der Waals surface area contributed by atoms with Crippen molar-refractivity contribution in [2.45, 2.75) is 32.9 Å². The molecule has 0 radical (unpaired) electrons. The summed E-state index contributed by atoms with van der Waals surface area (Å²) in [6.07, 6.45) is 2.35.